The number of unbranched alkanes of at least 4 members (excludes halogenated alkanes) is 2. The molecule has 23 heavy (non-hydrogen) atoms. The Bertz CT molecular complexity index is 331. The molecular weight excluding hydrogens is 308 g/mol. The van der Waals surface area contributed by atoms with Crippen LogP contribution in [0.1, 0.15) is 39.5 Å². The zero-order chi connectivity index (χ0) is 17.7. The summed E-state index contributed by atoms with van der Waals surface area (Å²) in [6.45, 7) is 5.92. The zero-order valence-corrected chi connectivity index (χ0v) is 13.8. The molecule has 136 valence electrons. The van der Waals surface area contributed by atoms with Gasteiger partial charge < -0.3 is 29.5 Å². The van der Waals surface area contributed by atoms with E-state index < -0.39 is 24.1 Å². The van der Waals surface area contributed by atoms with Gasteiger partial charge >= 0.3 is 11.9 Å². The van der Waals surface area contributed by atoms with Crippen LogP contribution >= 0.6 is 0 Å². The van der Waals surface area contributed by atoms with Crippen LogP contribution in [0.3, 0.4) is 0 Å². The van der Waals surface area contributed by atoms with Gasteiger partial charge in [0.2, 0.25) is 0 Å². The number of aliphatic carboxylic acids is 1. The highest BCUT2D eigenvalue weighted by molar-refractivity contribution is 5.84. The number of carbonyl (C=O) groups is 2. The van der Waals surface area contributed by atoms with Crippen LogP contribution < -0.4 is 0 Å². The third-order valence-corrected chi connectivity index (χ3v) is 2.86. The van der Waals surface area contributed by atoms with Crippen molar-refractivity contribution in [1.82, 2.24) is 0 Å². The summed E-state index contributed by atoms with van der Waals surface area (Å²) in [5.74, 6) is -2.83. The summed E-state index contributed by atoms with van der Waals surface area (Å²) in [6, 6.07) is 0. The van der Waals surface area contributed by atoms with Gasteiger partial charge in [-0.15, -0.1) is 0 Å². The Morgan fingerprint density at radius 2 is 1.39 bits per heavy atom. The molecule has 2 unspecified atom stereocenters. The minimum atomic E-state index is -2.18. The minimum absolute atomic E-state index is 0.0355. The molecule has 0 heterocycles. The quantitative estimate of drug-likeness (QED) is 0.306. The molecule has 0 fully saturated rings. The van der Waals surface area contributed by atoms with Gasteiger partial charge in [-0.2, -0.15) is 0 Å². The monoisotopic (exact) mass is 336 g/mol. The Hall–Kier alpha value is -1.22. The molecule has 0 aliphatic heterocycles. The summed E-state index contributed by atoms with van der Waals surface area (Å²) in [4.78, 5) is 21.6. The molecule has 0 saturated heterocycles. The first-order valence-electron chi connectivity index (χ1n) is 7.81. The van der Waals surface area contributed by atoms with Crippen LogP contribution in [0.2, 0.25) is 0 Å². The topological polar surface area (TPSA) is 123 Å². The van der Waals surface area contributed by atoms with Crippen molar-refractivity contribution in [3.63, 3.8) is 0 Å². The molecular formula is C15H28O8. The average Bonchev–Trinajstić information content (AvgIpc) is 2.50. The fraction of sp³-hybridized carbons (Fsp3) is 0.867. The average molecular weight is 336 g/mol. The maximum Gasteiger partial charge on any atom is 0.338 e. The molecule has 0 spiro atoms. The predicted molar refractivity (Wildman–Crippen MR) is 81.0 cm³/mol. The van der Waals surface area contributed by atoms with Crippen LogP contribution in [-0.2, 0) is 23.8 Å². The van der Waals surface area contributed by atoms with E-state index in [1.54, 1.807) is 0 Å². The molecule has 2 atom stereocenters. The number of ether oxygens (including phenoxy) is 3. The van der Waals surface area contributed by atoms with Gasteiger partial charge in [-0.3, -0.25) is 0 Å². The van der Waals surface area contributed by atoms with Crippen molar-refractivity contribution < 1.29 is 39.1 Å². The summed E-state index contributed by atoms with van der Waals surface area (Å²) in [5.41, 5.74) is 0. The van der Waals surface area contributed by atoms with Crippen molar-refractivity contribution in [2.45, 2.75) is 57.8 Å². The third kappa shape index (κ3) is 11.9. The number of carboxylic acid groups (broad SMARTS) is 1. The van der Waals surface area contributed by atoms with E-state index in [0.29, 0.717) is 26.1 Å². The van der Waals surface area contributed by atoms with Crippen LogP contribution in [0.4, 0.5) is 0 Å². The van der Waals surface area contributed by atoms with Gasteiger partial charge in [-0.05, 0) is 39.5 Å². The number of hydrogen-bond donors (Lipinski definition) is 3. The molecule has 0 saturated carbocycles. The van der Waals surface area contributed by atoms with Crippen molar-refractivity contribution in [2.75, 3.05) is 26.4 Å². The summed E-state index contributed by atoms with van der Waals surface area (Å²) >= 11 is 0. The first-order valence-corrected chi connectivity index (χ1v) is 7.81. The van der Waals surface area contributed by atoms with Gasteiger partial charge in [-0.25, -0.2) is 9.59 Å². The second-order valence-corrected chi connectivity index (χ2v) is 5.34. The summed E-state index contributed by atoms with van der Waals surface area (Å²) in [6.07, 6.45) is -0.942. The van der Waals surface area contributed by atoms with E-state index in [1.807, 2.05) is 13.8 Å². The van der Waals surface area contributed by atoms with E-state index in [1.165, 1.54) is 0 Å². The maximum absolute atomic E-state index is 11.2. The van der Waals surface area contributed by atoms with E-state index in [2.05, 4.69) is 4.74 Å². The Labute approximate surface area is 136 Å². The van der Waals surface area contributed by atoms with Gasteiger partial charge in [0.1, 0.15) is 0 Å². The lowest BCUT2D eigenvalue weighted by Crippen LogP contribution is -2.40. The predicted octanol–water partition coefficient (Wildman–Crippen LogP) is 0.338. The number of hydrogen-bond acceptors (Lipinski definition) is 7. The fourth-order valence-electron chi connectivity index (χ4n) is 1.56. The molecule has 0 aromatic carbocycles. The lowest BCUT2D eigenvalue weighted by molar-refractivity contribution is -0.169. The van der Waals surface area contributed by atoms with Crippen molar-refractivity contribution in [3.8, 4) is 0 Å². The summed E-state index contributed by atoms with van der Waals surface area (Å²) in [7, 11) is 0. The van der Waals surface area contributed by atoms with Crippen LogP contribution in [0.15, 0.2) is 0 Å². The molecule has 8 nitrogen and oxygen atoms in total. The molecule has 0 rings (SSSR count). The molecule has 0 bridgehead atoms. The zero-order valence-electron chi connectivity index (χ0n) is 13.8. The fourth-order valence-corrected chi connectivity index (χ4v) is 1.56. The van der Waals surface area contributed by atoms with Gasteiger partial charge in [-0.1, -0.05) is 0 Å². The largest absolute Gasteiger partial charge is 0.479 e. The highest BCUT2D eigenvalue weighted by Crippen LogP contribution is 2.00. The number of rotatable bonds is 14. The number of aliphatic hydroxyl groups is 2. The molecule has 0 aromatic heterocycles. The Balaban J connectivity index is 3.42. The van der Waals surface area contributed by atoms with Crippen molar-refractivity contribution in [1.29, 1.82) is 0 Å². The van der Waals surface area contributed by atoms with Crippen LogP contribution in [0, 0.1) is 0 Å². The second kappa shape index (κ2) is 13.2. The first kappa shape index (κ1) is 21.8. The Morgan fingerprint density at radius 1 is 0.870 bits per heavy atom. The molecule has 0 radical (unpaired) electrons. The molecule has 0 aliphatic rings. The SMILES string of the molecule is CC(C)OCCCCOCCCCOC(=O)C(O)C(O)C(=O)O. The molecule has 0 aliphatic carbocycles. The molecule has 3 N–H and O–H groups in total. The highest BCUT2D eigenvalue weighted by atomic mass is 16.6. The number of carboxylic acids is 1. The first-order chi connectivity index (χ1) is 10.9. The van der Waals surface area contributed by atoms with E-state index in [0.717, 1.165) is 19.4 Å². The normalized spacial score (nSPS) is 13.8. The Kier molecular flexibility index (Phi) is 12.5. The number of aliphatic hydroxyl groups excluding tert-OH is 2. The van der Waals surface area contributed by atoms with Gasteiger partial charge in [0.05, 0.1) is 12.7 Å². The van der Waals surface area contributed by atoms with Gasteiger partial charge in [0.25, 0.3) is 0 Å². The lowest BCUT2D eigenvalue weighted by Gasteiger charge is -2.13. The third-order valence-electron chi connectivity index (χ3n) is 2.86. The van der Waals surface area contributed by atoms with E-state index in [9.17, 15) is 14.7 Å². The maximum atomic E-state index is 11.2. The smallest absolute Gasteiger partial charge is 0.338 e. The number of carbonyl (C=O) groups excluding carboxylic acids is 1. The lowest BCUT2D eigenvalue weighted by atomic mass is 10.2. The van der Waals surface area contributed by atoms with Crippen molar-refractivity contribution >= 4 is 11.9 Å². The highest BCUT2D eigenvalue weighted by Gasteiger charge is 2.31. The van der Waals surface area contributed by atoms with E-state index in [-0.39, 0.29) is 12.7 Å². The van der Waals surface area contributed by atoms with Crippen LogP contribution in [0.5, 0.6) is 0 Å². The van der Waals surface area contributed by atoms with Crippen LogP contribution in [0.25, 0.3) is 0 Å². The van der Waals surface area contributed by atoms with Crippen molar-refractivity contribution in [3.05, 3.63) is 0 Å². The standard InChI is InChI=1S/C15H28O8/c1-11(2)22-9-5-3-7-21-8-4-6-10-23-15(20)13(17)12(16)14(18)19/h11-13,16-17H,3-10H2,1-2H3,(H,18,19). The van der Waals surface area contributed by atoms with Gasteiger partial charge in [0.15, 0.2) is 12.2 Å². The van der Waals surface area contributed by atoms with E-state index >= 15 is 0 Å². The Morgan fingerprint density at radius 3 is 1.91 bits per heavy atom. The van der Waals surface area contributed by atoms with Crippen LogP contribution in [-0.4, -0.2) is 72.0 Å². The van der Waals surface area contributed by atoms with Crippen molar-refractivity contribution in [2.24, 2.45) is 0 Å². The molecule has 8 heteroatoms. The van der Waals surface area contributed by atoms with Gasteiger partial charge in [0, 0.05) is 19.8 Å². The number of esters is 1. The van der Waals surface area contributed by atoms with E-state index in [4.69, 9.17) is 19.7 Å². The summed E-state index contributed by atoms with van der Waals surface area (Å²) in [5, 5.41) is 26.6. The molecule has 0 aromatic rings. The molecule has 0 amide bonds. The second-order valence-electron chi connectivity index (χ2n) is 5.34. The summed E-state index contributed by atoms with van der Waals surface area (Å²) < 4.78 is 15.5. The minimum Gasteiger partial charge on any atom is -0.479 e.